The van der Waals surface area contributed by atoms with E-state index in [1.165, 1.54) is 25.7 Å². The highest BCUT2D eigenvalue weighted by atomic mass is 32.2. The predicted octanol–water partition coefficient (Wildman–Crippen LogP) is 3.01. The first kappa shape index (κ1) is 19.4. The summed E-state index contributed by atoms with van der Waals surface area (Å²) in [5.41, 5.74) is 2.00. The van der Waals surface area contributed by atoms with Gasteiger partial charge in [0.05, 0.1) is 4.90 Å². The number of amides is 1. The minimum absolute atomic E-state index is 0.0665. The van der Waals surface area contributed by atoms with Crippen molar-refractivity contribution in [2.75, 3.05) is 19.6 Å². The summed E-state index contributed by atoms with van der Waals surface area (Å²) >= 11 is 0. The minimum Gasteiger partial charge on any atom is -0.342 e. The lowest BCUT2D eigenvalue weighted by Crippen LogP contribution is -2.45. The number of fused-ring (bicyclic) bond motifs is 1. The minimum atomic E-state index is -3.57. The molecule has 1 amide bonds. The molecule has 2 aliphatic rings. The first-order valence-electron chi connectivity index (χ1n) is 9.71. The number of hydrogen-bond donors (Lipinski definition) is 1. The second-order valence-electron chi connectivity index (χ2n) is 7.83. The average Bonchev–Trinajstić information content (AvgIpc) is 2.63. The Bertz CT molecular complexity index is 760. The van der Waals surface area contributed by atoms with Gasteiger partial charge in [0.2, 0.25) is 15.9 Å². The van der Waals surface area contributed by atoms with E-state index in [4.69, 9.17) is 0 Å². The van der Waals surface area contributed by atoms with Crippen LogP contribution in [0.1, 0.15) is 49.7 Å². The van der Waals surface area contributed by atoms with Crippen LogP contribution in [0.2, 0.25) is 0 Å². The summed E-state index contributed by atoms with van der Waals surface area (Å²) in [6.07, 6.45) is 6.47. The molecule has 5 nitrogen and oxygen atoms in total. The van der Waals surface area contributed by atoms with Crippen LogP contribution in [-0.2, 0) is 14.8 Å². The standard InChI is InChI=1S/C20H30N2O3S/c1-15-7-8-19(13-16(15)2)26(24,25)21-11-9-20(23)22-12-10-17-5-3-4-6-18(17)14-22/h7-8,13,17-18,21H,3-6,9-12,14H2,1-2H3/t17-,18-/m1/s1. The van der Waals surface area contributed by atoms with Gasteiger partial charge in [0, 0.05) is 26.1 Å². The van der Waals surface area contributed by atoms with Gasteiger partial charge in [-0.15, -0.1) is 0 Å². The van der Waals surface area contributed by atoms with Crippen LogP contribution in [0, 0.1) is 25.7 Å². The van der Waals surface area contributed by atoms with Gasteiger partial charge in [-0.25, -0.2) is 13.1 Å². The molecule has 0 radical (unpaired) electrons. The van der Waals surface area contributed by atoms with E-state index in [1.54, 1.807) is 12.1 Å². The molecule has 2 fully saturated rings. The van der Waals surface area contributed by atoms with E-state index in [9.17, 15) is 13.2 Å². The number of nitrogens with zero attached hydrogens (tertiary/aromatic N) is 1. The molecule has 2 atom stereocenters. The van der Waals surface area contributed by atoms with E-state index < -0.39 is 10.0 Å². The molecule has 1 saturated carbocycles. The van der Waals surface area contributed by atoms with Crippen LogP contribution in [0.25, 0.3) is 0 Å². The fraction of sp³-hybridized carbons (Fsp3) is 0.650. The molecule has 0 spiro atoms. The zero-order valence-corrected chi connectivity index (χ0v) is 16.6. The highest BCUT2D eigenvalue weighted by Crippen LogP contribution is 2.36. The van der Waals surface area contributed by atoms with Crippen molar-refractivity contribution in [3.8, 4) is 0 Å². The molecule has 6 heteroatoms. The van der Waals surface area contributed by atoms with E-state index in [-0.39, 0.29) is 23.8 Å². The fourth-order valence-corrected chi connectivity index (χ4v) is 5.36. The Hall–Kier alpha value is -1.40. The topological polar surface area (TPSA) is 66.5 Å². The van der Waals surface area contributed by atoms with Crippen molar-refractivity contribution in [1.29, 1.82) is 0 Å². The van der Waals surface area contributed by atoms with E-state index in [1.807, 2.05) is 24.8 Å². The Kier molecular flexibility index (Phi) is 6.03. The van der Waals surface area contributed by atoms with Gasteiger partial charge in [-0.3, -0.25) is 4.79 Å². The summed E-state index contributed by atoms with van der Waals surface area (Å²) in [6, 6.07) is 5.09. The van der Waals surface area contributed by atoms with Crippen molar-refractivity contribution in [2.24, 2.45) is 11.8 Å². The van der Waals surface area contributed by atoms with Crippen molar-refractivity contribution in [2.45, 2.75) is 57.3 Å². The Morgan fingerprint density at radius 3 is 2.58 bits per heavy atom. The van der Waals surface area contributed by atoms with E-state index in [0.29, 0.717) is 5.92 Å². The van der Waals surface area contributed by atoms with Gasteiger partial charge in [0.25, 0.3) is 0 Å². The number of nitrogens with one attached hydrogen (secondary N) is 1. The molecule has 1 heterocycles. The number of likely N-dealkylation sites (tertiary alicyclic amines) is 1. The third kappa shape index (κ3) is 4.46. The van der Waals surface area contributed by atoms with Gasteiger partial charge in [-0.2, -0.15) is 0 Å². The monoisotopic (exact) mass is 378 g/mol. The lowest BCUT2D eigenvalue weighted by Gasteiger charge is -2.41. The molecule has 1 aromatic carbocycles. The zero-order valence-electron chi connectivity index (χ0n) is 15.8. The summed E-state index contributed by atoms with van der Waals surface area (Å²) in [7, 11) is -3.57. The van der Waals surface area contributed by atoms with Gasteiger partial charge in [-0.1, -0.05) is 25.3 Å². The first-order valence-corrected chi connectivity index (χ1v) is 11.2. The highest BCUT2D eigenvalue weighted by molar-refractivity contribution is 7.89. The molecular formula is C20H30N2O3S. The third-order valence-corrected chi connectivity index (χ3v) is 7.52. The van der Waals surface area contributed by atoms with Gasteiger partial charge >= 0.3 is 0 Å². The molecule has 144 valence electrons. The highest BCUT2D eigenvalue weighted by Gasteiger charge is 2.32. The second-order valence-corrected chi connectivity index (χ2v) is 9.59. The lowest BCUT2D eigenvalue weighted by molar-refractivity contribution is -0.134. The molecule has 0 unspecified atom stereocenters. The van der Waals surface area contributed by atoms with Gasteiger partial charge in [-0.05, 0) is 61.8 Å². The number of carbonyl (C=O) groups excluding carboxylic acids is 1. The maximum Gasteiger partial charge on any atom is 0.240 e. The van der Waals surface area contributed by atoms with Crippen LogP contribution >= 0.6 is 0 Å². The maximum absolute atomic E-state index is 12.5. The normalized spacial score (nSPS) is 23.5. The van der Waals surface area contributed by atoms with Gasteiger partial charge in [0.1, 0.15) is 0 Å². The number of aryl methyl sites for hydroxylation is 2. The Balaban J connectivity index is 1.50. The Morgan fingerprint density at radius 2 is 1.85 bits per heavy atom. The van der Waals surface area contributed by atoms with Crippen LogP contribution in [0.15, 0.2) is 23.1 Å². The van der Waals surface area contributed by atoms with Crippen LogP contribution < -0.4 is 4.72 Å². The maximum atomic E-state index is 12.5. The molecule has 26 heavy (non-hydrogen) atoms. The van der Waals surface area contributed by atoms with E-state index in [0.717, 1.165) is 36.6 Å². The third-order valence-electron chi connectivity index (χ3n) is 6.06. The van der Waals surface area contributed by atoms with Crippen LogP contribution in [0.4, 0.5) is 0 Å². The predicted molar refractivity (Wildman–Crippen MR) is 102 cm³/mol. The SMILES string of the molecule is Cc1ccc(S(=O)(=O)NCCC(=O)N2CC[C@H]3CCCC[C@@H]3C2)cc1C. The molecule has 3 rings (SSSR count). The molecule has 1 aliphatic heterocycles. The molecule has 0 bridgehead atoms. The number of piperidine rings is 1. The molecule has 1 N–H and O–H groups in total. The number of benzene rings is 1. The van der Waals surface area contributed by atoms with Crippen molar-refractivity contribution in [1.82, 2.24) is 9.62 Å². The average molecular weight is 379 g/mol. The summed E-state index contributed by atoms with van der Waals surface area (Å²) < 4.78 is 27.4. The molecule has 1 saturated heterocycles. The summed E-state index contributed by atoms with van der Waals surface area (Å²) in [6.45, 7) is 5.68. The Labute approximate surface area is 157 Å². The van der Waals surface area contributed by atoms with Crippen molar-refractivity contribution >= 4 is 15.9 Å². The number of rotatable bonds is 5. The van der Waals surface area contributed by atoms with Crippen molar-refractivity contribution < 1.29 is 13.2 Å². The number of hydrogen-bond acceptors (Lipinski definition) is 3. The van der Waals surface area contributed by atoms with Crippen LogP contribution in [0.5, 0.6) is 0 Å². The molecular weight excluding hydrogens is 348 g/mol. The second kappa shape index (κ2) is 8.09. The van der Waals surface area contributed by atoms with Crippen LogP contribution in [0.3, 0.4) is 0 Å². The number of sulfonamides is 1. The van der Waals surface area contributed by atoms with Crippen molar-refractivity contribution in [3.05, 3.63) is 29.3 Å². The molecule has 1 aliphatic carbocycles. The lowest BCUT2D eigenvalue weighted by atomic mass is 9.75. The van der Waals surface area contributed by atoms with Crippen molar-refractivity contribution in [3.63, 3.8) is 0 Å². The smallest absolute Gasteiger partial charge is 0.240 e. The molecule has 1 aromatic rings. The van der Waals surface area contributed by atoms with E-state index >= 15 is 0 Å². The number of carbonyl (C=O) groups is 1. The van der Waals surface area contributed by atoms with E-state index in [2.05, 4.69) is 4.72 Å². The summed E-state index contributed by atoms with van der Waals surface area (Å²) in [4.78, 5) is 14.7. The largest absolute Gasteiger partial charge is 0.342 e. The quantitative estimate of drug-likeness (QED) is 0.856. The van der Waals surface area contributed by atoms with Gasteiger partial charge < -0.3 is 4.90 Å². The summed E-state index contributed by atoms with van der Waals surface area (Å²) in [5.74, 6) is 1.50. The summed E-state index contributed by atoms with van der Waals surface area (Å²) in [5, 5.41) is 0. The molecule has 0 aromatic heterocycles. The first-order chi connectivity index (χ1) is 12.4. The zero-order chi connectivity index (χ0) is 18.7. The van der Waals surface area contributed by atoms with Gasteiger partial charge in [0.15, 0.2) is 0 Å². The fourth-order valence-electron chi connectivity index (χ4n) is 4.24. The Morgan fingerprint density at radius 1 is 1.12 bits per heavy atom. The van der Waals surface area contributed by atoms with Crippen LogP contribution in [-0.4, -0.2) is 38.9 Å².